The van der Waals surface area contributed by atoms with Crippen LogP contribution in [-0.4, -0.2) is 18.2 Å². The SMILES string of the molecule is Cc1cc(=O)[nH]c2c3c(c(N)cc12)OCCO3. The molecule has 1 aliphatic heterocycles. The fourth-order valence-corrected chi connectivity index (χ4v) is 2.10. The van der Waals surface area contributed by atoms with Crippen molar-refractivity contribution in [2.45, 2.75) is 6.92 Å². The zero-order chi connectivity index (χ0) is 12.0. The molecule has 2 heterocycles. The van der Waals surface area contributed by atoms with Crippen LogP contribution in [0.3, 0.4) is 0 Å². The highest BCUT2D eigenvalue weighted by atomic mass is 16.6. The molecule has 0 unspecified atom stereocenters. The number of nitrogen functional groups attached to an aromatic ring is 1. The van der Waals surface area contributed by atoms with Gasteiger partial charge in [0.1, 0.15) is 13.2 Å². The van der Waals surface area contributed by atoms with Crippen LogP contribution in [0.1, 0.15) is 5.56 Å². The van der Waals surface area contributed by atoms with Gasteiger partial charge in [-0.15, -0.1) is 0 Å². The van der Waals surface area contributed by atoms with E-state index in [-0.39, 0.29) is 5.56 Å². The van der Waals surface area contributed by atoms with Gasteiger partial charge >= 0.3 is 0 Å². The van der Waals surface area contributed by atoms with E-state index >= 15 is 0 Å². The van der Waals surface area contributed by atoms with Gasteiger partial charge in [-0.1, -0.05) is 0 Å². The first-order chi connectivity index (χ1) is 8.16. The van der Waals surface area contributed by atoms with Gasteiger partial charge in [0.05, 0.1) is 11.2 Å². The normalized spacial score (nSPS) is 13.9. The molecular weight excluding hydrogens is 220 g/mol. The molecule has 0 aliphatic carbocycles. The largest absolute Gasteiger partial charge is 0.484 e. The van der Waals surface area contributed by atoms with Crippen LogP contribution in [0.2, 0.25) is 0 Å². The second kappa shape index (κ2) is 3.41. The number of pyridine rings is 1. The van der Waals surface area contributed by atoms with Crippen LogP contribution in [-0.2, 0) is 0 Å². The highest BCUT2D eigenvalue weighted by molar-refractivity contribution is 5.94. The van der Waals surface area contributed by atoms with E-state index in [1.54, 1.807) is 6.07 Å². The number of anilines is 1. The van der Waals surface area contributed by atoms with Crippen molar-refractivity contribution in [2.24, 2.45) is 0 Å². The average Bonchev–Trinajstić information content (AvgIpc) is 2.31. The molecule has 0 atom stereocenters. The van der Waals surface area contributed by atoms with E-state index in [0.717, 1.165) is 10.9 Å². The van der Waals surface area contributed by atoms with Crippen LogP contribution in [0, 0.1) is 6.92 Å². The van der Waals surface area contributed by atoms with Gasteiger partial charge in [-0.05, 0) is 18.6 Å². The third-order valence-electron chi connectivity index (χ3n) is 2.86. The van der Waals surface area contributed by atoms with Gasteiger partial charge in [-0.3, -0.25) is 4.79 Å². The Balaban J connectivity index is 2.47. The summed E-state index contributed by atoms with van der Waals surface area (Å²) in [4.78, 5) is 14.3. The summed E-state index contributed by atoms with van der Waals surface area (Å²) >= 11 is 0. The molecule has 5 nitrogen and oxygen atoms in total. The predicted molar refractivity (Wildman–Crippen MR) is 64.7 cm³/mol. The fourth-order valence-electron chi connectivity index (χ4n) is 2.10. The van der Waals surface area contributed by atoms with Gasteiger partial charge < -0.3 is 20.2 Å². The molecule has 1 aromatic carbocycles. The molecule has 0 amide bonds. The zero-order valence-electron chi connectivity index (χ0n) is 9.37. The first-order valence-electron chi connectivity index (χ1n) is 5.38. The Hall–Kier alpha value is -2.17. The third kappa shape index (κ3) is 1.43. The number of aromatic amines is 1. The van der Waals surface area contributed by atoms with Crippen LogP contribution in [0.4, 0.5) is 5.69 Å². The first-order valence-corrected chi connectivity index (χ1v) is 5.38. The Morgan fingerprint density at radius 3 is 2.71 bits per heavy atom. The molecular formula is C12H12N2O3. The quantitative estimate of drug-likeness (QED) is 0.669. The monoisotopic (exact) mass is 232 g/mol. The highest BCUT2D eigenvalue weighted by Crippen LogP contribution is 2.41. The van der Waals surface area contributed by atoms with Crippen LogP contribution in [0.15, 0.2) is 16.9 Å². The molecule has 17 heavy (non-hydrogen) atoms. The molecule has 3 rings (SSSR count). The smallest absolute Gasteiger partial charge is 0.248 e. The standard InChI is InChI=1S/C12H12N2O3/c1-6-4-9(15)14-10-7(6)5-8(13)11-12(10)17-3-2-16-11/h4-5H,2-3,13H2,1H3,(H,14,15). The summed E-state index contributed by atoms with van der Waals surface area (Å²) in [5.74, 6) is 1.05. The number of benzene rings is 1. The lowest BCUT2D eigenvalue weighted by Crippen LogP contribution is -2.18. The summed E-state index contributed by atoms with van der Waals surface area (Å²) in [6.45, 7) is 2.80. The number of hydrogen-bond donors (Lipinski definition) is 2. The summed E-state index contributed by atoms with van der Waals surface area (Å²) in [5, 5.41) is 0.881. The molecule has 0 fully saturated rings. The molecule has 2 aromatic rings. The molecule has 3 N–H and O–H groups in total. The lowest BCUT2D eigenvalue weighted by atomic mass is 10.1. The van der Waals surface area contributed by atoms with Crippen LogP contribution >= 0.6 is 0 Å². The fraction of sp³-hybridized carbons (Fsp3) is 0.250. The molecule has 1 aliphatic rings. The number of fused-ring (bicyclic) bond motifs is 3. The first kappa shape index (κ1) is 10.0. The number of nitrogens with two attached hydrogens (primary N) is 1. The van der Waals surface area contributed by atoms with Crippen molar-refractivity contribution < 1.29 is 9.47 Å². The summed E-state index contributed by atoms with van der Waals surface area (Å²) in [6, 6.07) is 3.34. The Morgan fingerprint density at radius 1 is 1.24 bits per heavy atom. The lowest BCUT2D eigenvalue weighted by molar-refractivity contribution is 0.174. The number of ether oxygens (including phenoxy) is 2. The molecule has 0 radical (unpaired) electrons. The third-order valence-corrected chi connectivity index (χ3v) is 2.86. The highest BCUT2D eigenvalue weighted by Gasteiger charge is 2.20. The van der Waals surface area contributed by atoms with Crippen molar-refractivity contribution in [3.8, 4) is 11.5 Å². The Bertz CT molecular complexity index is 661. The number of nitrogens with one attached hydrogen (secondary N) is 1. The van der Waals surface area contributed by atoms with Gasteiger partial charge in [-0.2, -0.15) is 0 Å². The van der Waals surface area contributed by atoms with E-state index in [4.69, 9.17) is 15.2 Å². The second-order valence-corrected chi connectivity index (χ2v) is 4.06. The van der Waals surface area contributed by atoms with Gasteiger partial charge in [0.2, 0.25) is 5.56 Å². The summed E-state index contributed by atoms with van der Waals surface area (Å²) < 4.78 is 11.0. The van der Waals surface area contributed by atoms with E-state index in [1.807, 2.05) is 6.92 Å². The van der Waals surface area contributed by atoms with E-state index in [1.165, 1.54) is 6.07 Å². The minimum atomic E-state index is -0.156. The van der Waals surface area contributed by atoms with Gasteiger partial charge in [-0.25, -0.2) is 0 Å². The number of H-pyrrole nitrogens is 1. The molecule has 88 valence electrons. The molecule has 0 bridgehead atoms. The van der Waals surface area contributed by atoms with E-state index in [0.29, 0.717) is 35.9 Å². The minimum absolute atomic E-state index is 0.156. The second-order valence-electron chi connectivity index (χ2n) is 4.06. The summed E-state index contributed by atoms with van der Waals surface area (Å²) in [5.41, 5.74) is 7.81. The van der Waals surface area contributed by atoms with Crippen molar-refractivity contribution in [1.29, 1.82) is 0 Å². The average molecular weight is 232 g/mol. The summed E-state index contributed by atoms with van der Waals surface area (Å²) in [6.07, 6.45) is 0. The molecule has 0 saturated heterocycles. The maximum atomic E-state index is 11.5. The lowest BCUT2D eigenvalue weighted by Gasteiger charge is -2.21. The van der Waals surface area contributed by atoms with Gasteiger partial charge in [0, 0.05) is 11.5 Å². The molecule has 5 heteroatoms. The van der Waals surface area contributed by atoms with Crippen molar-refractivity contribution in [3.05, 3.63) is 28.0 Å². The van der Waals surface area contributed by atoms with Crippen molar-refractivity contribution in [3.63, 3.8) is 0 Å². The topological polar surface area (TPSA) is 77.3 Å². The molecule has 1 aromatic heterocycles. The Morgan fingerprint density at radius 2 is 1.94 bits per heavy atom. The minimum Gasteiger partial charge on any atom is -0.484 e. The van der Waals surface area contributed by atoms with Crippen LogP contribution < -0.4 is 20.8 Å². The van der Waals surface area contributed by atoms with Crippen molar-refractivity contribution in [2.75, 3.05) is 18.9 Å². The predicted octanol–water partition coefficient (Wildman–Crippen LogP) is 1.19. The van der Waals surface area contributed by atoms with Gasteiger partial charge in [0.25, 0.3) is 0 Å². The van der Waals surface area contributed by atoms with Crippen molar-refractivity contribution in [1.82, 2.24) is 4.98 Å². The maximum absolute atomic E-state index is 11.5. The van der Waals surface area contributed by atoms with E-state index < -0.39 is 0 Å². The molecule has 0 spiro atoms. The van der Waals surface area contributed by atoms with Crippen LogP contribution in [0.25, 0.3) is 10.9 Å². The maximum Gasteiger partial charge on any atom is 0.248 e. The van der Waals surface area contributed by atoms with Crippen LogP contribution in [0.5, 0.6) is 11.5 Å². The van der Waals surface area contributed by atoms with Gasteiger partial charge in [0.15, 0.2) is 11.5 Å². The number of rotatable bonds is 0. The van der Waals surface area contributed by atoms with E-state index in [9.17, 15) is 4.79 Å². The van der Waals surface area contributed by atoms with Crippen molar-refractivity contribution >= 4 is 16.6 Å². The Labute approximate surface area is 97.2 Å². The Kier molecular flexibility index (Phi) is 2.01. The number of aromatic nitrogens is 1. The number of hydrogen-bond acceptors (Lipinski definition) is 4. The summed E-state index contributed by atoms with van der Waals surface area (Å²) in [7, 11) is 0. The number of aryl methyl sites for hydroxylation is 1. The zero-order valence-corrected chi connectivity index (χ0v) is 9.37. The van der Waals surface area contributed by atoms with E-state index in [2.05, 4.69) is 4.98 Å². The molecule has 0 saturated carbocycles.